The second kappa shape index (κ2) is 15.3. The highest BCUT2D eigenvalue weighted by Gasteiger charge is 2.16. The fourth-order valence-electron chi connectivity index (χ4n) is 9.05. The largest absolute Gasteiger partial charge is 0.456 e. The highest BCUT2D eigenvalue weighted by Crippen LogP contribution is 2.40. The summed E-state index contributed by atoms with van der Waals surface area (Å²) in [5, 5.41) is 4.50. The van der Waals surface area contributed by atoms with Crippen LogP contribution in [0.3, 0.4) is 0 Å². The fraction of sp³-hybridized carbons (Fsp3) is 0. The predicted octanol–water partition coefficient (Wildman–Crippen LogP) is 17.3. The van der Waals surface area contributed by atoms with Crippen molar-refractivity contribution in [3.05, 3.63) is 237 Å². The van der Waals surface area contributed by atoms with Crippen LogP contribution in [-0.2, 0) is 0 Å². The van der Waals surface area contributed by atoms with Crippen LogP contribution in [0.1, 0.15) is 0 Å². The molecule has 0 N–H and O–H groups in total. The van der Waals surface area contributed by atoms with Crippen LogP contribution in [0.2, 0.25) is 0 Å². The average Bonchev–Trinajstić information content (AvgIpc) is 3.93. The summed E-state index contributed by atoms with van der Waals surface area (Å²) >= 11 is 0. The molecule has 2 heterocycles. The normalized spacial score (nSPS) is 11.5. The minimum Gasteiger partial charge on any atom is -0.456 e. The zero-order chi connectivity index (χ0) is 41.7. The molecule has 3 nitrogen and oxygen atoms in total. The van der Waals surface area contributed by atoms with Gasteiger partial charge < -0.3 is 13.7 Å². The van der Waals surface area contributed by atoms with Gasteiger partial charge in [0.25, 0.3) is 0 Å². The van der Waals surface area contributed by atoms with Crippen LogP contribution in [-0.4, -0.2) is 0 Å². The molecule has 0 fully saturated rings. The Labute approximate surface area is 365 Å². The maximum atomic E-state index is 6.35. The van der Waals surface area contributed by atoms with Crippen molar-refractivity contribution in [3.63, 3.8) is 0 Å². The lowest BCUT2D eigenvalue weighted by atomic mass is 9.92. The van der Waals surface area contributed by atoms with E-state index in [1.165, 1.54) is 11.1 Å². The number of nitrogens with zero attached hydrogens (tertiary/aromatic N) is 1. The van der Waals surface area contributed by atoms with Gasteiger partial charge in [0, 0.05) is 38.6 Å². The molecule has 296 valence electrons. The van der Waals surface area contributed by atoms with Crippen molar-refractivity contribution in [3.8, 4) is 55.6 Å². The summed E-state index contributed by atoms with van der Waals surface area (Å²) < 4.78 is 12.7. The fourth-order valence-corrected chi connectivity index (χ4v) is 9.05. The van der Waals surface area contributed by atoms with Crippen LogP contribution in [0.25, 0.3) is 99.5 Å². The second-order valence-corrected chi connectivity index (χ2v) is 16.1. The number of benzene rings is 10. The molecular weight excluding hydrogens is 767 g/mol. The van der Waals surface area contributed by atoms with Crippen molar-refractivity contribution in [2.24, 2.45) is 0 Å². The van der Waals surface area contributed by atoms with Crippen LogP contribution in [0.4, 0.5) is 17.1 Å². The first-order chi connectivity index (χ1) is 31.2. The third-order valence-electron chi connectivity index (χ3n) is 12.3. The first-order valence-corrected chi connectivity index (χ1v) is 21.4. The average molecular weight is 806 g/mol. The first-order valence-electron chi connectivity index (χ1n) is 21.4. The van der Waals surface area contributed by atoms with E-state index in [0.717, 1.165) is 105 Å². The molecule has 0 radical (unpaired) electrons. The molecule has 12 aromatic rings. The molecule has 0 atom stereocenters. The van der Waals surface area contributed by atoms with Gasteiger partial charge in [0.15, 0.2) is 0 Å². The van der Waals surface area contributed by atoms with E-state index in [0.29, 0.717) is 0 Å². The Kier molecular flexibility index (Phi) is 8.83. The number of furan rings is 2. The summed E-state index contributed by atoms with van der Waals surface area (Å²) in [6, 6.07) is 84.2. The van der Waals surface area contributed by atoms with Gasteiger partial charge >= 0.3 is 0 Å². The smallest absolute Gasteiger partial charge is 0.136 e. The van der Waals surface area contributed by atoms with Crippen LogP contribution < -0.4 is 4.90 Å². The number of fused-ring (bicyclic) bond motifs is 6. The summed E-state index contributed by atoms with van der Waals surface area (Å²) in [5.41, 5.74) is 18.3. The molecule has 0 bridgehead atoms. The van der Waals surface area contributed by atoms with Crippen molar-refractivity contribution in [2.45, 2.75) is 0 Å². The molecule has 0 unspecified atom stereocenters. The number of para-hydroxylation sites is 3. The molecule has 12 rings (SSSR count). The van der Waals surface area contributed by atoms with Crippen LogP contribution in [0, 0.1) is 0 Å². The van der Waals surface area contributed by atoms with E-state index >= 15 is 0 Å². The highest BCUT2D eigenvalue weighted by atomic mass is 16.3. The molecule has 0 aliphatic rings. The zero-order valence-corrected chi connectivity index (χ0v) is 34.3. The Balaban J connectivity index is 0.894. The van der Waals surface area contributed by atoms with Gasteiger partial charge in [0.05, 0.1) is 0 Å². The molecule has 0 aliphatic heterocycles. The topological polar surface area (TPSA) is 29.5 Å². The van der Waals surface area contributed by atoms with Crippen LogP contribution in [0.5, 0.6) is 0 Å². The van der Waals surface area contributed by atoms with Gasteiger partial charge in [-0.05, 0) is 147 Å². The van der Waals surface area contributed by atoms with Gasteiger partial charge in [0.1, 0.15) is 22.3 Å². The molecule has 0 saturated heterocycles. The number of rotatable bonds is 8. The van der Waals surface area contributed by atoms with Gasteiger partial charge in [0.2, 0.25) is 0 Å². The summed E-state index contributed by atoms with van der Waals surface area (Å²) in [6.45, 7) is 0. The number of hydrogen-bond acceptors (Lipinski definition) is 3. The van der Waals surface area contributed by atoms with Gasteiger partial charge in [-0.3, -0.25) is 0 Å². The van der Waals surface area contributed by atoms with Crippen LogP contribution >= 0.6 is 0 Å². The highest BCUT2D eigenvalue weighted by molar-refractivity contribution is 6.07. The molecule has 0 amide bonds. The monoisotopic (exact) mass is 805 g/mol. The van der Waals surface area contributed by atoms with Gasteiger partial charge in [-0.15, -0.1) is 0 Å². The van der Waals surface area contributed by atoms with Crippen molar-refractivity contribution >= 4 is 60.9 Å². The predicted molar refractivity (Wildman–Crippen MR) is 263 cm³/mol. The third-order valence-corrected chi connectivity index (χ3v) is 12.3. The minimum absolute atomic E-state index is 0.882. The molecule has 10 aromatic carbocycles. The molecule has 63 heavy (non-hydrogen) atoms. The van der Waals surface area contributed by atoms with Crippen molar-refractivity contribution in [2.75, 3.05) is 4.90 Å². The second-order valence-electron chi connectivity index (χ2n) is 16.1. The molecular formula is C60H39NO2. The summed E-state index contributed by atoms with van der Waals surface area (Å²) in [6.07, 6.45) is 0. The van der Waals surface area contributed by atoms with Crippen molar-refractivity contribution in [1.29, 1.82) is 0 Å². The van der Waals surface area contributed by atoms with Gasteiger partial charge in [-0.2, -0.15) is 0 Å². The van der Waals surface area contributed by atoms with E-state index in [-0.39, 0.29) is 0 Å². The standard InChI is InChI=1S/C60H39NO2/c1-3-11-40(12-4-1)42-23-29-51(30-24-42)61(50-13-5-2-6-14-50)52-31-25-43(26-32-52)41-19-21-44(22-20-41)47-35-48(45-27-33-55-53-15-7-9-17-57(53)62-59(55)38-45)37-49(36-47)46-28-34-56-54-16-8-10-18-58(54)63-60(56)39-46/h1-39H. The Morgan fingerprint density at radius 3 is 1.00 bits per heavy atom. The Morgan fingerprint density at radius 2 is 0.524 bits per heavy atom. The molecule has 3 heteroatoms. The van der Waals surface area contributed by atoms with Gasteiger partial charge in [-0.1, -0.05) is 146 Å². The number of anilines is 3. The third kappa shape index (κ3) is 6.73. The first kappa shape index (κ1) is 36.5. The Morgan fingerprint density at radius 1 is 0.206 bits per heavy atom. The minimum atomic E-state index is 0.882. The van der Waals surface area contributed by atoms with E-state index in [1.54, 1.807) is 0 Å². The Bertz CT molecular complexity index is 3450. The maximum absolute atomic E-state index is 6.35. The lowest BCUT2D eigenvalue weighted by Gasteiger charge is -2.26. The lowest BCUT2D eigenvalue weighted by molar-refractivity contribution is 0.668. The SMILES string of the molecule is c1ccc(-c2ccc(N(c3ccccc3)c3ccc(-c4ccc(-c5cc(-c6ccc7c(c6)oc6ccccc67)cc(-c6ccc7c(c6)oc6ccccc67)c5)cc4)cc3)cc2)cc1. The summed E-state index contributed by atoms with van der Waals surface area (Å²) in [4.78, 5) is 2.31. The van der Waals surface area contributed by atoms with E-state index in [4.69, 9.17) is 8.83 Å². The molecule has 0 aliphatic carbocycles. The van der Waals surface area contributed by atoms with E-state index in [9.17, 15) is 0 Å². The van der Waals surface area contributed by atoms with Crippen molar-refractivity contribution in [1.82, 2.24) is 0 Å². The molecule has 0 spiro atoms. The summed E-state index contributed by atoms with van der Waals surface area (Å²) in [7, 11) is 0. The summed E-state index contributed by atoms with van der Waals surface area (Å²) in [5.74, 6) is 0. The Hall–Kier alpha value is -8.40. The number of hydrogen-bond donors (Lipinski definition) is 0. The maximum Gasteiger partial charge on any atom is 0.136 e. The zero-order valence-electron chi connectivity index (χ0n) is 34.3. The van der Waals surface area contributed by atoms with E-state index in [1.807, 2.05) is 24.3 Å². The molecule has 2 aromatic heterocycles. The van der Waals surface area contributed by atoms with Crippen molar-refractivity contribution < 1.29 is 8.83 Å². The van der Waals surface area contributed by atoms with Gasteiger partial charge in [-0.25, -0.2) is 0 Å². The quantitative estimate of drug-likeness (QED) is 0.153. The van der Waals surface area contributed by atoms with Crippen LogP contribution in [0.15, 0.2) is 245 Å². The molecule has 0 saturated carbocycles. The van der Waals surface area contributed by atoms with E-state index in [2.05, 4.69) is 217 Å². The van der Waals surface area contributed by atoms with E-state index < -0.39 is 0 Å². The lowest BCUT2D eigenvalue weighted by Crippen LogP contribution is -2.09.